The van der Waals surface area contributed by atoms with Crippen LogP contribution in [0.2, 0.25) is 5.02 Å². The predicted octanol–water partition coefficient (Wildman–Crippen LogP) is 4.39. The van der Waals surface area contributed by atoms with Crippen LogP contribution < -0.4 is 10.5 Å². The first-order valence-electron chi connectivity index (χ1n) is 6.40. The van der Waals surface area contributed by atoms with Gasteiger partial charge in [-0.3, -0.25) is 0 Å². The molecule has 0 aliphatic rings. The molecule has 0 aliphatic carbocycles. The van der Waals surface area contributed by atoms with Gasteiger partial charge in [-0.1, -0.05) is 35.4 Å². The molecule has 2 aromatic carbocycles. The molecule has 0 aromatic heterocycles. The van der Waals surface area contributed by atoms with Gasteiger partial charge in [0.2, 0.25) is 0 Å². The number of nitrogens with two attached hydrogens (primary N) is 1. The minimum atomic E-state index is -0.441. The highest BCUT2D eigenvalue weighted by atomic mass is 35.5. The summed E-state index contributed by atoms with van der Waals surface area (Å²) in [7, 11) is 0. The van der Waals surface area contributed by atoms with Gasteiger partial charge in [0.25, 0.3) is 0 Å². The first-order valence-corrected chi connectivity index (χ1v) is 6.78. The van der Waals surface area contributed by atoms with Gasteiger partial charge >= 0.3 is 0 Å². The fourth-order valence-corrected chi connectivity index (χ4v) is 2.06. The molecule has 0 bridgehead atoms. The molecule has 0 fully saturated rings. The summed E-state index contributed by atoms with van der Waals surface area (Å²) in [5, 5.41) is 0.111. The normalized spacial score (nSPS) is 12.2. The van der Waals surface area contributed by atoms with Crippen LogP contribution in [0.4, 0.5) is 4.39 Å². The highest BCUT2D eigenvalue weighted by molar-refractivity contribution is 6.30. The molecule has 0 aliphatic heterocycles. The fraction of sp³-hybridized carbons (Fsp3) is 0.250. The Bertz CT molecular complexity index is 613. The molecule has 0 amide bonds. The zero-order chi connectivity index (χ0) is 14.7. The van der Waals surface area contributed by atoms with E-state index < -0.39 is 5.82 Å². The van der Waals surface area contributed by atoms with Crippen molar-refractivity contribution in [1.82, 2.24) is 0 Å². The highest BCUT2D eigenvalue weighted by Crippen LogP contribution is 2.26. The number of ether oxygens (including phenoxy) is 1. The average molecular weight is 294 g/mol. The second-order valence-electron chi connectivity index (χ2n) is 4.87. The second kappa shape index (κ2) is 6.25. The summed E-state index contributed by atoms with van der Waals surface area (Å²) in [6.45, 7) is 4.19. The molecule has 0 saturated heterocycles. The lowest BCUT2D eigenvalue weighted by Gasteiger charge is -2.15. The summed E-state index contributed by atoms with van der Waals surface area (Å²) < 4.78 is 19.1. The van der Waals surface area contributed by atoms with Gasteiger partial charge in [0.1, 0.15) is 18.2 Å². The Hall–Kier alpha value is -1.58. The monoisotopic (exact) mass is 293 g/mol. The second-order valence-corrected chi connectivity index (χ2v) is 5.27. The minimum absolute atomic E-state index is 0.111. The van der Waals surface area contributed by atoms with Crippen molar-refractivity contribution in [3.05, 3.63) is 63.9 Å². The number of hydrogen-bond donors (Lipinski definition) is 1. The molecule has 1 atom stereocenters. The minimum Gasteiger partial charge on any atom is -0.489 e. The van der Waals surface area contributed by atoms with Crippen LogP contribution in [-0.4, -0.2) is 0 Å². The van der Waals surface area contributed by atoms with Crippen LogP contribution in [0.1, 0.15) is 29.7 Å². The van der Waals surface area contributed by atoms with Crippen LogP contribution in [0.25, 0.3) is 0 Å². The molecule has 2 rings (SSSR count). The van der Waals surface area contributed by atoms with Crippen molar-refractivity contribution in [2.45, 2.75) is 26.5 Å². The first kappa shape index (κ1) is 14.8. The SMILES string of the molecule is Cc1ccc(OCc2ccc(Cl)c(F)c2)c(C(C)N)c1. The maximum absolute atomic E-state index is 13.4. The molecule has 0 radical (unpaired) electrons. The van der Waals surface area contributed by atoms with Crippen LogP contribution >= 0.6 is 11.6 Å². The van der Waals surface area contributed by atoms with E-state index in [-0.39, 0.29) is 17.7 Å². The zero-order valence-electron chi connectivity index (χ0n) is 11.5. The molecule has 2 N–H and O–H groups in total. The average Bonchev–Trinajstić information content (AvgIpc) is 2.41. The van der Waals surface area contributed by atoms with Crippen molar-refractivity contribution in [3.63, 3.8) is 0 Å². The third-order valence-corrected chi connectivity index (χ3v) is 3.34. The maximum Gasteiger partial charge on any atom is 0.142 e. The molecule has 1 unspecified atom stereocenters. The number of hydrogen-bond acceptors (Lipinski definition) is 2. The Morgan fingerprint density at radius 2 is 2.00 bits per heavy atom. The lowest BCUT2D eigenvalue weighted by atomic mass is 10.1. The number of aryl methyl sites for hydroxylation is 1. The number of rotatable bonds is 4. The third-order valence-electron chi connectivity index (χ3n) is 3.03. The highest BCUT2D eigenvalue weighted by Gasteiger charge is 2.09. The topological polar surface area (TPSA) is 35.2 Å². The van der Waals surface area contributed by atoms with E-state index in [4.69, 9.17) is 22.1 Å². The molecular formula is C16H17ClFNO. The third kappa shape index (κ3) is 3.50. The van der Waals surface area contributed by atoms with Gasteiger partial charge in [0.15, 0.2) is 0 Å². The fourth-order valence-electron chi connectivity index (χ4n) is 1.95. The van der Waals surface area contributed by atoms with Crippen molar-refractivity contribution in [2.24, 2.45) is 5.73 Å². The summed E-state index contributed by atoms with van der Waals surface area (Å²) in [6.07, 6.45) is 0. The summed E-state index contributed by atoms with van der Waals surface area (Å²) in [5.74, 6) is 0.282. The number of benzene rings is 2. The molecule has 4 heteroatoms. The maximum atomic E-state index is 13.4. The Balaban J connectivity index is 2.16. The lowest BCUT2D eigenvalue weighted by Crippen LogP contribution is -2.08. The molecule has 0 saturated carbocycles. The van der Waals surface area contributed by atoms with E-state index in [1.54, 1.807) is 6.07 Å². The van der Waals surface area contributed by atoms with Crippen LogP contribution in [0.5, 0.6) is 5.75 Å². The largest absolute Gasteiger partial charge is 0.489 e. The quantitative estimate of drug-likeness (QED) is 0.907. The Morgan fingerprint density at radius 1 is 1.25 bits per heavy atom. The van der Waals surface area contributed by atoms with Gasteiger partial charge in [0, 0.05) is 11.6 Å². The van der Waals surface area contributed by atoms with Crippen molar-refractivity contribution < 1.29 is 9.13 Å². The van der Waals surface area contributed by atoms with Crippen LogP contribution in [0, 0.1) is 12.7 Å². The molecule has 0 spiro atoms. The Kier molecular flexibility index (Phi) is 4.63. The van der Waals surface area contributed by atoms with Crippen molar-refractivity contribution in [1.29, 1.82) is 0 Å². The Morgan fingerprint density at radius 3 is 2.65 bits per heavy atom. The van der Waals surface area contributed by atoms with E-state index in [1.165, 1.54) is 12.1 Å². The summed E-state index contributed by atoms with van der Waals surface area (Å²) in [5.41, 5.74) is 8.73. The summed E-state index contributed by atoms with van der Waals surface area (Å²) in [4.78, 5) is 0. The van der Waals surface area contributed by atoms with Crippen LogP contribution in [0.15, 0.2) is 36.4 Å². The summed E-state index contributed by atoms with van der Waals surface area (Å²) >= 11 is 5.65. The van der Waals surface area contributed by atoms with Gasteiger partial charge in [-0.25, -0.2) is 4.39 Å². The van der Waals surface area contributed by atoms with Crippen LogP contribution in [0.3, 0.4) is 0 Å². The lowest BCUT2D eigenvalue weighted by molar-refractivity contribution is 0.301. The van der Waals surface area contributed by atoms with E-state index in [1.807, 2.05) is 32.0 Å². The van der Waals surface area contributed by atoms with E-state index in [2.05, 4.69) is 0 Å². The van der Waals surface area contributed by atoms with Crippen molar-refractivity contribution >= 4 is 11.6 Å². The predicted molar refractivity (Wildman–Crippen MR) is 79.5 cm³/mol. The number of halogens is 2. The standard InChI is InChI=1S/C16H17ClFNO/c1-10-3-6-16(13(7-10)11(2)19)20-9-12-4-5-14(17)15(18)8-12/h3-8,11H,9,19H2,1-2H3. The molecule has 0 heterocycles. The van der Waals surface area contributed by atoms with E-state index >= 15 is 0 Å². The summed E-state index contributed by atoms with van der Waals surface area (Å²) in [6, 6.07) is 10.4. The van der Waals surface area contributed by atoms with Crippen LogP contribution in [-0.2, 0) is 6.61 Å². The van der Waals surface area contributed by atoms with Gasteiger partial charge in [-0.15, -0.1) is 0 Å². The van der Waals surface area contributed by atoms with E-state index in [0.29, 0.717) is 0 Å². The van der Waals surface area contributed by atoms with E-state index in [0.717, 1.165) is 22.4 Å². The molecular weight excluding hydrogens is 277 g/mol. The molecule has 20 heavy (non-hydrogen) atoms. The first-order chi connectivity index (χ1) is 9.47. The molecule has 2 nitrogen and oxygen atoms in total. The van der Waals surface area contributed by atoms with Gasteiger partial charge < -0.3 is 10.5 Å². The molecule has 2 aromatic rings. The smallest absolute Gasteiger partial charge is 0.142 e. The van der Waals surface area contributed by atoms with Gasteiger partial charge in [0.05, 0.1) is 5.02 Å². The van der Waals surface area contributed by atoms with Gasteiger partial charge in [-0.2, -0.15) is 0 Å². The van der Waals surface area contributed by atoms with E-state index in [9.17, 15) is 4.39 Å². The Labute approximate surface area is 123 Å². The van der Waals surface area contributed by atoms with Crippen molar-refractivity contribution in [2.75, 3.05) is 0 Å². The van der Waals surface area contributed by atoms with Crippen molar-refractivity contribution in [3.8, 4) is 5.75 Å². The molecule has 106 valence electrons. The van der Waals surface area contributed by atoms with Gasteiger partial charge in [-0.05, 0) is 37.6 Å². The zero-order valence-corrected chi connectivity index (χ0v) is 12.2.